The molecule has 1 aromatic carbocycles. The summed E-state index contributed by atoms with van der Waals surface area (Å²) >= 11 is 0. The maximum absolute atomic E-state index is 12.9. The molecule has 2 fully saturated rings. The quantitative estimate of drug-likeness (QED) is 0.848. The third-order valence-electron chi connectivity index (χ3n) is 5.22. The van der Waals surface area contributed by atoms with Crippen molar-refractivity contribution in [1.29, 1.82) is 0 Å². The van der Waals surface area contributed by atoms with Crippen molar-refractivity contribution in [3.05, 3.63) is 47.8 Å². The molecule has 0 radical (unpaired) electrons. The average molecular weight is 388 g/mol. The van der Waals surface area contributed by atoms with Crippen LogP contribution in [0.25, 0.3) is 5.69 Å². The first-order valence-electron chi connectivity index (χ1n) is 9.33. The first-order chi connectivity index (χ1) is 12.9. The monoisotopic (exact) mass is 388 g/mol. The number of aromatic nitrogens is 2. The van der Waals surface area contributed by atoms with Crippen LogP contribution in [0.1, 0.15) is 47.8 Å². The highest BCUT2D eigenvalue weighted by molar-refractivity contribution is 7.88. The molecule has 1 saturated heterocycles. The normalized spacial score (nSPS) is 19.1. The molecule has 0 spiro atoms. The zero-order chi connectivity index (χ0) is 19.0. The van der Waals surface area contributed by atoms with Crippen LogP contribution in [0.5, 0.6) is 0 Å². The van der Waals surface area contributed by atoms with E-state index in [0.717, 1.165) is 24.2 Å². The SMILES string of the molecule is CS(=O)(=O)N1CCC(NC(=O)c2cc(C3CC3)nn2-c2ccccc2)CC1. The van der Waals surface area contributed by atoms with Gasteiger partial charge >= 0.3 is 0 Å². The van der Waals surface area contributed by atoms with Crippen LogP contribution in [-0.4, -0.2) is 53.8 Å². The van der Waals surface area contributed by atoms with E-state index in [2.05, 4.69) is 10.4 Å². The van der Waals surface area contributed by atoms with Gasteiger partial charge in [-0.25, -0.2) is 17.4 Å². The molecule has 7 nitrogen and oxygen atoms in total. The van der Waals surface area contributed by atoms with Crippen LogP contribution in [-0.2, 0) is 10.0 Å². The lowest BCUT2D eigenvalue weighted by Gasteiger charge is -2.30. The van der Waals surface area contributed by atoms with E-state index in [-0.39, 0.29) is 11.9 Å². The fraction of sp³-hybridized carbons (Fsp3) is 0.474. The Bertz CT molecular complexity index is 927. The van der Waals surface area contributed by atoms with Crippen molar-refractivity contribution in [3.8, 4) is 5.69 Å². The molecular formula is C19H24N4O3S. The van der Waals surface area contributed by atoms with Crippen molar-refractivity contribution >= 4 is 15.9 Å². The summed E-state index contributed by atoms with van der Waals surface area (Å²) < 4.78 is 26.5. The van der Waals surface area contributed by atoms with Crippen LogP contribution < -0.4 is 5.32 Å². The van der Waals surface area contributed by atoms with Gasteiger partial charge in [0, 0.05) is 25.0 Å². The van der Waals surface area contributed by atoms with Gasteiger partial charge < -0.3 is 5.32 Å². The number of nitrogens with zero attached hydrogens (tertiary/aromatic N) is 3. The van der Waals surface area contributed by atoms with Crippen LogP contribution in [0.4, 0.5) is 0 Å². The summed E-state index contributed by atoms with van der Waals surface area (Å²) in [6, 6.07) is 11.5. The maximum Gasteiger partial charge on any atom is 0.270 e. The second-order valence-electron chi connectivity index (χ2n) is 7.39. The molecule has 1 aromatic heterocycles. The molecule has 1 N–H and O–H groups in total. The third kappa shape index (κ3) is 4.06. The van der Waals surface area contributed by atoms with E-state index < -0.39 is 10.0 Å². The maximum atomic E-state index is 12.9. The zero-order valence-corrected chi connectivity index (χ0v) is 16.2. The molecule has 0 bridgehead atoms. The van der Waals surface area contributed by atoms with Crippen molar-refractivity contribution in [2.75, 3.05) is 19.3 Å². The highest BCUT2D eigenvalue weighted by Crippen LogP contribution is 2.39. The highest BCUT2D eigenvalue weighted by atomic mass is 32.2. The van der Waals surface area contributed by atoms with Crippen LogP contribution in [0.2, 0.25) is 0 Å². The molecule has 1 aliphatic carbocycles. The molecule has 1 saturated carbocycles. The summed E-state index contributed by atoms with van der Waals surface area (Å²) in [6.45, 7) is 0.879. The second kappa shape index (κ2) is 7.09. The number of rotatable bonds is 5. The second-order valence-corrected chi connectivity index (χ2v) is 9.37. The van der Waals surface area contributed by atoms with E-state index in [1.807, 2.05) is 36.4 Å². The van der Waals surface area contributed by atoms with Gasteiger partial charge in [-0.1, -0.05) is 18.2 Å². The van der Waals surface area contributed by atoms with Crippen molar-refractivity contribution in [1.82, 2.24) is 19.4 Å². The Balaban J connectivity index is 1.50. The van der Waals surface area contributed by atoms with Gasteiger partial charge in [0.05, 0.1) is 17.6 Å². The smallest absolute Gasteiger partial charge is 0.270 e. The van der Waals surface area contributed by atoms with Crippen LogP contribution in [0, 0.1) is 0 Å². The van der Waals surface area contributed by atoms with Gasteiger partial charge in [0.15, 0.2) is 0 Å². The van der Waals surface area contributed by atoms with Gasteiger partial charge in [-0.05, 0) is 43.9 Å². The topological polar surface area (TPSA) is 84.3 Å². The Hall–Kier alpha value is -2.19. The largest absolute Gasteiger partial charge is 0.348 e. The van der Waals surface area contributed by atoms with Gasteiger partial charge in [0.1, 0.15) is 5.69 Å². The molecule has 4 rings (SSSR count). The molecule has 144 valence electrons. The third-order valence-corrected chi connectivity index (χ3v) is 6.52. The number of sulfonamides is 1. The fourth-order valence-electron chi connectivity index (χ4n) is 3.50. The number of carbonyl (C=O) groups excluding carboxylic acids is 1. The van der Waals surface area contributed by atoms with E-state index in [9.17, 15) is 13.2 Å². The lowest BCUT2D eigenvalue weighted by molar-refractivity contribution is 0.0916. The number of amides is 1. The Labute approximate surface area is 159 Å². The minimum Gasteiger partial charge on any atom is -0.348 e. The molecule has 27 heavy (non-hydrogen) atoms. The number of benzene rings is 1. The van der Waals surface area contributed by atoms with Gasteiger partial charge in [-0.2, -0.15) is 5.10 Å². The minimum atomic E-state index is -3.17. The Morgan fingerprint density at radius 1 is 1.11 bits per heavy atom. The Morgan fingerprint density at radius 3 is 2.37 bits per heavy atom. The standard InChI is InChI=1S/C19H24N4O3S/c1-27(25,26)22-11-9-15(10-12-22)20-19(24)18-13-17(14-7-8-14)21-23(18)16-5-3-2-4-6-16/h2-6,13-15H,7-12H2,1H3,(H,20,24). The lowest BCUT2D eigenvalue weighted by Crippen LogP contribution is -2.46. The Morgan fingerprint density at radius 2 is 1.78 bits per heavy atom. The molecule has 0 unspecified atom stereocenters. The van der Waals surface area contributed by atoms with E-state index in [0.29, 0.717) is 37.5 Å². The van der Waals surface area contributed by atoms with Gasteiger partial charge in [-0.15, -0.1) is 0 Å². The molecule has 1 amide bonds. The molecule has 2 heterocycles. The molecule has 8 heteroatoms. The number of hydrogen-bond donors (Lipinski definition) is 1. The molecular weight excluding hydrogens is 364 g/mol. The van der Waals surface area contributed by atoms with Crippen molar-refractivity contribution in [2.24, 2.45) is 0 Å². The number of carbonyl (C=O) groups is 1. The average Bonchev–Trinajstić information content (AvgIpc) is 3.40. The number of piperidine rings is 1. The Kier molecular flexibility index (Phi) is 4.77. The molecule has 2 aromatic rings. The van der Waals surface area contributed by atoms with Crippen molar-refractivity contribution in [2.45, 2.75) is 37.6 Å². The first kappa shape index (κ1) is 18.2. The highest BCUT2D eigenvalue weighted by Gasteiger charge is 2.30. The van der Waals surface area contributed by atoms with E-state index in [1.54, 1.807) is 4.68 Å². The molecule has 0 atom stereocenters. The van der Waals surface area contributed by atoms with Gasteiger partial charge in [0.25, 0.3) is 5.91 Å². The summed E-state index contributed by atoms with van der Waals surface area (Å²) in [4.78, 5) is 12.9. The summed E-state index contributed by atoms with van der Waals surface area (Å²) in [5.41, 5.74) is 2.37. The number of nitrogens with one attached hydrogen (secondary N) is 1. The zero-order valence-electron chi connectivity index (χ0n) is 15.3. The predicted octanol–water partition coefficient (Wildman–Crippen LogP) is 1.90. The van der Waals surface area contributed by atoms with Crippen molar-refractivity contribution < 1.29 is 13.2 Å². The van der Waals surface area contributed by atoms with E-state index >= 15 is 0 Å². The van der Waals surface area contributed by atoms with Crippen molar-refractivity contribution in [3.63, 3.8) is 0 Å². The van der Waals surface area contributed by atoms with Crippen LogP contribution in [0.3, 0.4) is 0 Å². The predicted molar refractivity (Wildman–Crippen MR) is 102 cm³/mol. The molecule has 1 aliphatic heterocycles. The summed E-state index contributed by atoms with van der Waals surface area (Å²) in [5.74, 6) is 0.301. The lowest BCUT2D eigenvalue weighted by atomic mass is 10.1. The van der Waals surface area contributed by atoms with Gasteiger partial charge in [0.2, 0.25) is 10.0 Å². The van der Waals surface area contributed by atoms with Gasteiger partial charge in [-0.3, -0.25) is 4.79 Å². The van der Waals surface area contributed by atoms with Crippen LogP contribution in [0.15, 0.2) is 36.4 Å². The summed E-state index contributed by atoms with van der Waals surface area (Å²) in [5, 5.41) is 7.74. The summed E-state index contributed by atoms with van der Waals surface area (Å²) in [7, 11) is -3.17. The fourth-order valence-corrected chi connectivity index (χ4v) is 4.37. The number of para-hydroxylation sites is 1. The first-order valence-corrected chi connectivity index (χ1v) is 11.2. The minimum absolute atomic E-state index is 0.0287. The van der Waals surface area contributed by atoms with E-state index in [1.165, 1.54) is 10.6 Å². The summed E-state index contributed by atoms with van der Waals surface area (Å²) in [6.07, 6.45) is 4.71. The number of hydrogen-bond acceptors (Lipinski definition) is 4. The van der Waals surface area contributed by atoms with Crippen LogP contribution >= 0.6 is 0 Å². The molecule has 2 aliphatic rings. The van der Waals surface area contributed by atoms with E-state index in [4.69, 9.17) is 0 Å².